The summed E-state index contributed by atoms with van der Waals surface area (Å²) in [7, 11) is 0. The monoisotopic (exact) mass is 572 g/mol. The zero-order chi connectivity index (χ0) is 29.2. The first-order valence-electron chi connectivity index (χ1n) is 14.2. The highest BCUT2D eigenvalue weighted by molar-refractivity contribution is 6.34. The SMILES string of the molecule is C=CCCCOC(=O)[C@@H]1[C@H]2C(=O)N([C@@H](CO)[C@@H](C)CC)C(C(=O)N(CC=C)c3ccccc3Cl)C23CC[C@@]1(C)O3. The number of amides is 2. The Morgan fingerprint density at radius 2 is 2.02 bits per heavy atom. The van der Waals surface area contributed by atoms with Gasteiger partial charge in [0.2, 0.25) is 5.91 Å². The Labute approximate surface area is 241 Å². The number of rotatable bonds is 13. The summed E-state index contributed by atoms with van der Waals surface area (Å²) in [6, 6.07) is 5.31. The van der Waals surface area contributed by atoms with Crippen molar-refractivity contribution in [3.05, 3.63) is 54.6 Å². The summed E-state index contributed by atoms with van der Waals surface area (Å²) in [6.45, 7) is 13.3. The topological polar surface area (TPSA) is 96.4 Å². The second-order valence-electron chi connectivity index (χ2n) is 11.4. The molecule has 0 aromatic heterocycles. The fourth-order valence-corrected chi connectivity index (χ4v) is 7.15. The summed E-state index contributed by atoms with van der Waals surface area (Å²) in [5.41, 5.74) is -1.70. The van der Waals surface area contributed by atoms with Crippen LogP contribution in [-0.2, 0) is 23.9 Å². The van der Waals surface area contributed by atoms with Gasteiger partial charge in [0.05, 0.1) is 41.5 Å². The van der Waals surface area contributed by atoms with E-state index in [4.69, 9.17) is 21.1 Å². The van der Waals surface area contributed by atoms with Crippen molar-refractivity contribution in [1.82, 2.24) is 4.90 Å². The molecule has 40 heavy (non-hydrogen) atoms. The third-order valence-corrected chi connectivity index (χ3v) is 9.38. The number of carbonyl (C=O) groups excluding carboxylic acids is 3. The lowest BCUT2D eigenvalue weighted by atomic mass is 9.66. The standard InChI is InChI=1S/C31H41ClN2O6/c1-6-9-12-18-39-29(38)25-24-27(36)34(23(19-35)20(4)8-3)26(31(24)16-15-30(25,5)40-31)28(37)33(17-7-2)22-14-11-10-13-21(22)32/h6-7,10-11,13-14,20,23-26,35H,1-2,8-9,12,15-19H2,3-5H3/t20-,23-,24-,25-,26?,30+,31?/m0/s1. The number of halogens is 1. The molecule has 9 heteroatoms. The van der Waals surface area contributed by atoms with Gasteiger partial charge in [-0.2, -0.15) is 0 Å². The summed E-state index contributed by atoms with van der Waals surface area (Å²) in [4.78, 5) is 45.6. The third-order valence-electron chi connectivity index (χ3n) is 9.07. The van der Waals surface area contributed by atoms with Gasteiger partial charge in [-0.3, -0.25) is 14.4 Å². The van der Waals surface area contributed by atoms with Gasteiger partial charge in [0.1, 0.15) is 17.6 Å². The van der Waals surface area contributed by atoms with Crippen molar-refractivity contribution >= 4 is 35.1 Å². The van der Waals surface area contributed by atoms with Crippen molar-refractivity contribution in [3.63, 3.8) is 0 Å². The predicted octanol–water partition coefficient (Wildman–Crippen LogP) is 4.54. The zero-order valence-electron chi connectivity index (χ0n) is 23.7. The van der Waals surface area contributed by atoms with Crippen molar-refractivity contribution < 1.29 is 29.0 Å². The van der Waals surface area contributed by atoms with Crippen LogP contribution in [0.5, 0.6) is 0 Å². The Kier molecular flexibility index (Phi) is 9.12. The molecule has 2 amide bonds. The van der Waals surface area contributed by atoms with Crippen LogP contribution in [0, 0.1) is 17.8 Å². The van der Waals surface area contributed by atoms with Crippen molar-refractivity contribution in [2.45, 2.75) is 76.2 Å². The second-order valence-corrected chi connectivity index (χ2v) is 11.8. The van der Waals surface area contributed by atoms with Gasteiger partial charge in [-0.1, -0.05) is 56.2 Å². The van der Waals surface area contributed by atoms with E-state index in [-0.39, 0.29) is 37.5 Å². The summed E-state index contributed by atoms with van der Waals surface area (Å²) in [6.07, 6.45) is 6.31. The molecule has 1 aromatic carbocycles. The fourth-order valence-electron chi connectivity index (χ4n) is 6.92. The van der Waals surface area contributed by atoms with Gasteiger partial charge >= 0.3 is 5.97 Å². The van der Waals surface area contributed by atoms with Gasteiger partial charge in [-0.25, -0.2) is 0 Å². The molecule has 218 valence electrons. The summed E-state index contributed by atoms with van der Waals surface area (Å²) in [5.74, 6) is -3.09. The molecule has 0 aliphatic carbocycles. The minimum absolute atomic E-state index is 0.107. The fraction of sp³-hybridized carbons (Fsp3) is 0.581. The number of anilines is 1. The Balaban J connectivity index is 1.81. The molecular formula is C31H41ClN2O6. The first-order valence-corrected chi connectivity index (χ1v) is 14.6. The normalized spacial score (nSPS) is 30.1. The molecule has 8 nitrogen and oxygen atoms in total. The number of nitrogens with zero attached hydrogens (tertiary/aromatic N) is 2. The average molecular weight is 573 g/mol. The number of hydrogen-bond acceptors (Lipinski definition) is 6. The minimum atomic E-state index is -1.24. The van der Waals surface area contributed by atoms with E-state index in [1.807, 2.05) is 20.8 Å². The number of hydrogen-bond donors (Lipinski definition) is 1. The van der Waals surface area contributed by atoms with Crippen LogP contribution in [0.25, 0.3) is 0 Å². The molecule has 3 fully saturated rings. The molecule has 1 N–H and O–H groups in total. The van der Waals surface area contributed by atoms with Crippen LogP contribution >= 0.6 is 11.6 Å². The van der Waals surface area contributed by atoms with Crippen LogP contribution in [0.15, 0.2) is 49.6 Å². The zero-order valence-corrected chi connectivity index (χ0v) is 24.4. The largest absolute Gasteiger partial charge is 0.465 e. The van der Waals surface area contributed by atoms with Crippen LogP contribution in [0.2, 0.25) is 5.02 Å². The van der Waals surface area contributed by atoms with E-state index in [0.29, 0.717) is 42.8 Å². The van der Waals surface area contributed by atoms with Crippen molar-refractivity contribution in [2.24, 2.45) is 17.8 Å². The molecule has 3 saturated heterocycles. The van der Waals surface area contributed by atoms with Gasteiger partial charge in [0.15, 0.2) is 0 Å². The lowest BCUT2D eigenvalue weighted by Crippen LogP contribution is -2.60. The van der Waals surface area contributed by atoms with Crippen LogP contribution in [0.3, 0.4) is 0 Å². The number of ether oxygens (including phenoxy) is 2. The number of esters is 1. The Hall–Kier alpha value is -2.68. The molecule has 3 aliphatic heterocycles. The van der Waals surface area contributed by atoms with Gasteiger partial charge in [0.25, 0.3) is 5.91 Å². The van der Waals surface area contributed by atoms with Crippen LogP contribution < -0.4 is 4.90 Å². The maximum atomic E-state index is 14.7. The number of fused-ring (bicyclic) bond motifs is 1. The first-order chi connectivity index (χ1) is 19.1. The lowest BCUT2D eigenvalue weighted by molar-refractivity contribution is -0.161. The molecule has 2 bridgehead atoms. The highest BCUT2D eigenvalue weighted by atomic mass is 35.5. The number of aliphatic hydroxyl groups is 1. The van der Waals surface area contributed by atoms with E-state index in [2.05, 4.69) is 13.2 Å². The quantitative estimate of drug-likeness (QED) is 0.212. The number of likely N-dealkylation sites (tertiary alicyclic amines) is 1. The smallest absolute Gasteiger partial charge is 0.312 e. The predicted molar refractivity (Wildman–Crippen MR) is 154 cm³/mol. The van der Waals surface area contributed by atoms with E-state index in [1.54, 1.807) is 36.4 Å². The number of carbonyl (C=O) groups is 3. The van der Waals surface area contributed by atoms with Gasteiger partial charge < -0.3 is 24.4 Å². The Morgan fingerprint density at radius 1 is 1.30 bits per heavy atom. The molecule has 3 aliphatic rings. The number of para-hydroxylation sites is 1. The van der Waals surface area contributed by atoms with E-state index < -0.39 is 41.1 Å². The molecule has 4 rings (SSSR count). The van der Waals surface area contributed by atoms with Crippen LogP contribution in [0.1, 0.15) is 52.9 Å². The summed E-state index contributed by atoms with van der Waals surface area (Å²) >= 11 is 6.53. The molecular weight excluding hydrogens is 532 g/mol. The second kappa shape index (κ2) is 12.0. The van der Waals surface area contributed by atoms with E-state index in [0.717, 1.165) is 0 Å². The average Bonchev–Trinajstić information content (AvgIpc) is 3.51. The maximum absolute atomic E-state index is 14.7. The van der Waals surface area contributed by atoms with Gasteiger partial charge in [-0.05, 0) is 50.7 Å². The molecule has 0 radical (unpaired) electrons. The maximum Gasteiger partial charge on any atom is 0.312 e. The summed E-state index contributed by atoms with van der Waals surface area (Å²) in [5, 5.41) is 10.9. The van der Waals surface area contributed by atoms with Gasteiger partial charge in [0, 0.05) is 6.54 Å². The van der Waals surface area contributed by atoms with E-state index >= 15 is 0 Å². The number of unbranched alkanes of at least 4 members (excludes halogenated alkanes) is 1. The van der Waals surface area contributed by atoms with E-state index in [9.17, 15) is 19.5 Å². The molecule has 1 spiro atoms. The molecule has 0 saturated carbocycles. The number of benzene rings is 1. The van der Waals surface area contributed by atoms with Crippen LogP contribution in [0.4, 0.5) is 5.69 Å². The molecule has 1 aromatic rings. The van der Waals surface area contributed by atoms with Crippen molar-refractivity contribution in [3.8, 4) is 0 Å². The van der Waals surface area contributed by atoms with Crippen molar-refractivity contribution in [1.29, 1.82) is 0 Å². The third kappa shape index (κ3) is 4.88. The van der Waals surface area contributed by atoms with E-state index in [1.165, 1.54) is 9.80 Å². The number of aliphatic hydroxyl groups excluding tert-OH is 1. The lowest BCUT2D eigenvalue weighted by Gasteiger charge is -2.41. The minimum Gasteiger partial charge on any atom is -0.465 e. The molecule has 3 heterocycles. The van der Waals surface area contributed by atoms with Gasteiger partial charge in [-0.15, -0.1) is 13.2 Å². The Morgan fingerprint density at radius 3 is 2.65 bits per heavy atom. The highest BCUT2D eigenvalue weighted by Crippen LogP contribution is 2.64. The number of allylic oxidation sites excluding steroid dienone is 1. The van der Waals surface area contributed by atoms with Crippen molar-refractivity contribution in [2.75, 3.05) is 24.7 Å². The highest BCUT2D eigenvalue weighted by Gasteiger charge is 2.79. The first kappa shape index (κ1) is 30.3. The molecule has 7 atom stereocenters. The molecule has 2 unspecified atom stereocenters. The summed E-state index contributed by atoms with van der Waals surface area (Å²) < 4.78 is 12.3. The Bertz CT molecular complexity index is 1160. The van der Waals surface area contributed by atoms with Crippen LogP contribution in [-0.4, -0.2) is 70.8 Å².